The minimum Gasteiger partial charge on any atom is -0.492 e. The number of fused-ring (bicyclic) bond motifs is 6. The predicted molar refractivity (Wildman–Crippen MR) is 229 cm³/mol. The van der Waals surface area contributed by atoms with Crippen LogP contribution in [-0.2, 0) is 33.4 Å². The summed E-state index contributed by atoms with van der Waals surface area (Å²) in [6.07, 6.45) is 4.39. The van der Waals surface area contributed by atoms with Gasteiger partial charge in [0.05, 0.1) is 37.0 Å². The number of pyridine rings is 1. The summed E-state index contributed by atoms with van der Waals surface area (Å²) < 4.78 is 56.0. The number of aliphatic hydroxyl groups is 2. The molecule has 356 valence electrons. The number of ketones is 2. The lowest BCUT2D eigenvalue weighted by Crippen LogP contribution is -2.69. The molecule has 66 heavy (non-hydrogen) atoms. The zero-order valence-electron chi connectivity index (χ0n) is 37.5. The summed E-state index contributed by atoms with van der Waals surface area (Å²) in [6, 6.07) is 0.374. The van der Waals surface area contributed by atoms with E-state index < -0.39 is 125 Å². The lowest BCUT2D eigenvalue weighted by atomic mass is 9.44. The molecule has 9 atom stereocenters. The first-order chi connectivity index (χ1) is 31.1. The number of allylic oxidation sites excluding steroid dienone is 4. The maximum atomic E-state index is 17.5. The van der Waals surface area contributed by atoms with Gasteiger partial charge in [0.25, 0.3) is 0 Å². The minimum atomic E-state index is -2.15. The second kappa shape index (κ2) is 16.9. The number of methoxy groups -OCH3 is 1. The monoisotopic (exact) mass is 923 g/mol. The first-order valence-corrected chi connectivity index (χ1v) is 22.4. The number of hydrogen-bond acceptors (Lipinski definition) is 14. The number of halogens is 2. The number of carbonyl (C=O) groups excluding carboxylic acids is 5. The number of esters is 2. The van der Waals surface area contributed by atoms with Crippen molar-refractivity contribution >= 4 is 52.2 Å². The highest BCUT2D eigenvalue weighted by atomic mass is 19.1. The number of alkyl halides is 1. The summed E-state index contributed by atoms with van der Waals surface area (Å²) in [6.45, 7) is 5.38. The Bertz CT molecular complexity index is 2540. The van der Waals surface area contributed by atoms with Crippen LogP contribution in [0.3, 0.4) is 0 Å². The van der Waals surface area contributed by atoms with Crippen molar-refractivity contribution in [3.8, 4) is 5.75 Å². The van der Waals surface area contributed by atoms with E-state index in [0.29, 0.717) is 18.4 Å². The highest BCUT2D eigenvalue weighted by molar-refractivity contribution is 6.01. The smallest absolute Gasteiger partial charge is 0.413 e. The lowest BCUT2D eigenvalue weighted by molar-refractivity contribution is -0.220. The van der Waals surface area contributed by atoms with Crippen LogP contribution in [0.15, 0.2) is 40.9 Å². The molecule has 1 aromatic heterocycles. The van der Waals surface area contributed by atoms with Gasteiger partial charge in [-0.2, -0.15) is 0 Å². The number of Topliss-reactive ketones (excluding diaryl/α,β-unsaturated/α-hetero) is 1. The molecule has 0 bridgehead atoms. The number of ether oxygens (including phenoxy) is 4. The molecule has 2 unspecified atom stereocenters. The van der Waals surface area contributed by atoms with Gasteiger partial charge in [0.1, 0.15) is 16.9 Å². The number of aliphatic hydroxyl groups excluding tert-OH is 1. The largest absolute Gasteiger partial charge is 0.492 e. The number of rotatable bonds is 12. The molecule has 5 fully saturated rings. The van der Waals surface area contributed by atoms with Gasteiger partial charge in [0.15, 0.2) is 29.6 Å². The van der Waals surface area contributed by atoms with Gasteiger partial charge in [-0.05, 0) is 82.4 Å². The average molecular weight is 924 g/mol. The molecular formula is C47H55F2N3O14. The highest BCUT2D eigenvalue weighted by Gasteiger charge is 2.75. The number of benzene rings is 1. The molecule has 0 spiro atoms. The topological polar surface area (TPSA) is 229 Å². The van der Waals surface area contributed by atoms with Gasteiger partial charge >= 0.3 is 24.0 Å². The van der Waals surface area contributed by atoms with E-state index in [4.69, 9.17) is 18.9 Å². The average Bonchev–Trinajstić information content (AvgIpc) is 4.09. The molecule has 1 saturated heterocycles. The number of piperazine rings is 1. The van der Waals surface area contributed by atoms with Crippen molar-refractivity contribution in [2.75, 3.05) is 45.0 Å². The Morgan fingerprint density at radius 3 is 2.32 bits per heavy atom. The number of amides is 1. The molecule has 19 heteroatoms. The third kappa shape index (κ3) is 7.27. The van der Waals surface area contributed by atoms with E-state index in [1.165, 1.54) is 36.4 Å². The van der Waals surface area contributed by atoms with E-state index in [9.17, 15) is 48.9 Å². The molecule has 0 radical (unpaired) electrons. The van der Waals surface area contributed by atoms with Crippen LogP contribution < -0.4 is 15.1 Å². The van der Waals surface area contributed by atoms with Gasteiger partial charge in [-0.25, -0.2) is 18.4 Å². The molecule has 2 aromatic rings. The van der Waals surface area contributed by atoms with Gasteiger partial charge in [-0.3, -0.25) is 24.0 Å². The Labute approximate surface area is 378 Å². The molecule has 2 heterocycles. The van der Waals surface area contributed by atoms with Crippen LogP contribution in [0.25, 0.3) is 10.9 Å². The fourth-order valence-corrected chi connectivity index (χ4v) is 12.1. The molecule has 1 amide bonds. The summed E-state index contributed by atoms with van der Waals surface area (Å²) in [5.74, 6) is -6.99. The van der Waals surface area contributed by atoms with Gasteiger partial charge in [-0.15, -0.1) is 0 Å². The number of carbonyl (C=O) groups is 6. The zero-order chi connectivity index (χ0) is 47.8. The van der Waals surface area contributed by atoms with Crippen molar-refractivity contribution in [1.82, 2.24) is 9.47 Å². The van der Waals surface area contributed by atoms with Crippen LogP contribution in [0.5, 0.6) is 5.75 Å². The molecule has 1 aromatic carbocycles. The SMILES string of the molecule is COc1c(N2CCN(C(=O)OCOC(=O)CCC(=O)OCC(=O)[C@@]3(O)[C@H](C)C[C@H]4C5CCC6=CC(=O)C=C[C@]6(C)[C@@]5(F)[C@@H](O)C[C@@]43C)C(C)C2)c(F)cc2c(=O)c(C(=O)O)cn(C3CC3)c12. The summed E-state index contributed by atoms with van der Waals surface area (Å²) in [5.41, 5.74) is -7.11. The highest BCUT2D eigenvalue weighted by Crippen LogP contribution is 2.70. The Morgan fingerprint density at radius 2 is 1.67 bits per heavy atom. The van der Waals surface area contributed by atoms with Crippen molar-refractivity contribution in [1.29, 1.82) is 0 Å². The number of aromatic nitrogens is 1. The first kappa shape index (κ1) is 46.8. The normalized spacial score (nSPS) is 32.5. The summed E-state index contributed by atoms with van der Waals surface area (Å²) in [5, 5.41) is 33.2. The quantitative estimate of drug-likeness (QED) is 0.196. The molecule has 6 aliphatic rings. The Kier molecular flexibility index (Phi) is 12.0. The fourth-order valence-electron chi connectivity index (χ4n) is 12.1. The van der Waals surface area contributed by atoms with Crippen LogP contribution in [0, 0.1) is 34.4 Å². The number of nitrogens with zero attached hydrogens (tertiary/aromatic N) is 3. The van der Waals surface area contributed by atoms with E-state index in [2.05, 4.69) is 0 Å². The number of anilines is 1. The van der Waals surface area contributed by atoms with Crippen LogP contribution in [0.1, 0.15) is 95.5 Å². The minimum absolute atomic E-state index is 0.0482. The molecule has 1 aliphatic heterocycles. The van der Waals surface area contributed by atoms with Crippen molar-refractivity contribution in [3.63, 3.8) is 0 Å². The van der Waals surface area contributed by atoms with Crippen LogP contribution in [0.2, 0.25) is 0 Å². The first-order valence-electron chi connectivity index (χ1n) is 22.4. The second-order valence-corrected chi connectivity index (χ2v) is 19.2. The zero-order valence-corrected chi connectivity index (χ0v) is 37.5. The van der Waals surface area contributed by atoms with Crippen LogP contribution in [-0.4, -0.2) is 124 Å². The van der Waals surface area contributed by atoms with Gasteiger partial charge in [0, 0.05) is 54.7 Å². The van der Waals surface area contributed by atoms with Crippen molar-refractivity contribution in [3.05, 3.63) is 57.7 Å². The number of carboxylic acids is 1. The lowest BCUT2D eigenvalue weighted by Gasteiger charge is -2.62. The van der Waals surface area contributed by atoms with E-state index in [1.54, 1.807) is 37.2 Å². The van der Waals surface area contributed by atoms with Gasteiger partial charge < -0.3 is 48.6 Å². The molecule has 17 nitrogen and oxygen atoms in total. The third-order valence-corrected chi connectivity index (χ3v) is 15.7. The maximum Gasteiger partial charge on any atom is 0.413 e. The molecular weight excluding hydrogens is 869 g/mol. The number of carboxylic acid groups (broad SMARTS) is 1. The predicted octanol–water partition coefficient (Wildman–Crippen LogP) is 4.57. The fraction of sp³-hybridized carbons (Fsp3) is 0.596. The number of hydrogen-bond donors (Lipinski definition) is 3. The summed E-state index contributed by atoms with van der Waals surface area (Å²) in [7, 11) is 1.33. The Morgan fingerprint density at radius 1 is 0.970 bits per heavy atom. The summed E-state index contributed by atoms with van der Waals surface area (Å²) in [4.78, 5) is 92.2. The van der Waals surface area contributed by atoms with E-state index in [1.807, 2.05) is 0 Å². The Balaban J connectivity index is 0.815. The van der Waals surface area contributed by atoms with Crippen LogP contribution in [0.4, 0.5) is 19.3 Å². The second-order valence-electron chi connectivity index (χ2n) is 19.2. The van der Waals surface area contributed by atoms with Crippen molar-refractivity contribution < 1.29 is 71.8 Å². The Hall–Kier alpha value is -5.69. The number of aromatic carboxylic acids is 1. The molecule has 4 saturated carbocycles. The molecule has 3 N–H and O–H groups in total. The van der Waals surface area contributed by atoms with E-state index >= 15 is 8.78 Å². The summed E-state index contributed by atoms with van der Waals surface area (Å²) >= 11 is 0. The molecule has 8 rings (SSSR count). The van der Waals surface area contributed by atoms with E-state index in [0.717, 1.165) is 18.9 Å². The third-order valence-electron chi connectivity index (χ3n) is 15.7. The van der Waals surface area contributed by atoms with Crippen molar-refractivity contribution in [2.45, 2.75) is 109 Å². The van der Waals surface area contributed by atoms with Gasteiger partial charge in [-0.1, -0.05) is 25.5 Å². The maximum absolute atomic E-state index is 17.5. The standard InChI is InChI=1S/C47H55F2N3O14/c1-24-16-32-31-9-6-26-17-28(53)12-13-44(26,3)46(31,49)34(54)19-45(32,4)47(24,62)35(55)22-64-36(56)10-11-37(57)65-23-66-43(61)51-15-14-50(20-25(51)2)39-33(48)18-29-38(41(39)63-5)52(27-7-8-27)21-30(40(29)58)42(59)60/h12-13,17-18,21,24-25,27,31-32,34,54,62H,6-11,14-16,19-20,22-23H2,1-5H3,(H,59,60)/t24-,25?,31?,32+,34+,44+,45+,46+,47+/m1/s1. The molecule has 5 aliphatic carbocycles. The van der Waals surface area contributed by atoms with Crippen LogP contribution >= 0.6 is 0 Å². The van der Waals surface area contributed by atoms with E-state index in [-0.39, 0.29) is 66.6 Å². The van der Waals surface area contributed by atoms with Crippen molar-refractivity contribution in [2.24, 2.45) is 28.6 Å². The van der Waals surface area contributed by atoms with Gasteiger partial charge in [0.2, 0.25) is 18.0 Å².